The van der Waals surface area contributed by atoms with Crippen LogP contribution in [0, 0.1) is 12.8 Å². The normalized spacial score (nSPS) is 20.9. The monoisotopic (exact) mass is 262 g/mol. The SMILES string of the molecule is Cc1cc(N2CCNC2=O)nn1CC1CCCCC1. The minimum atomic E-state index is -0.0256. The van der Waals surface area contributed by atoms with Gasteiger partial charge in [-0.15, -0.1) is 0 Å². The van der Waals surface area contributed by atoms with E-state index in [2.05, 4.69) is 22.0 Å². The maximum atomic E-state index is 11.7. The molecule has 2 amide bonds. The molecule has 0 radical (unpaired) electrons. The predicted molar refractivity (Wildman–Crippen MR) is 74.3 cm³/mol. The quantitative estimate of drug-likeness (QED) is 0.908. The minimum Gasteiger partial charge on any atom is -0.336 e. The summed E-state index contributed by atoms with van der Waals surface area (Å²) in [6.07, 6.45) is 6.73. The van der Waals surface area contributed by atoms with Crippen molar-refractivity contribution in [3.05, 3.63) is 11.8 Å². The van der Waals surface area contributed by atoms with E-state index in [9.17, 15) is 4.79 Å². The highest BCUT2D eigenvalue weighted by atomic mass is 16.2. The van der Waals surface area contributed by atoms with Crippen molar-refractivity contribution in [1.29, 1.82) is 0 Å². The van der Waals surface area contributed by atoms with Crippen molar-refractivity contribution in [3.8, 4) is 0 Å². The first-order chi connectivity index (χ1) is 9.24. The second kappa shape index (κ2) is 5.23. The summed E-state index contributed by atoms with van der Waals surface area (Å²) in [6, 6.07) is 2.00. The number of anilines is 1. The molecule has 1 aliphatic heterocycles. The molecule has 1 aliphatic carbocycles. The largest absolute Gasteiger partial charge is 0.336 e. The second-order valence-electron chi connectivity index (χ2n) is 5.71. The Morgan fingerprint density at radius 3 is 2.84 bits per heavy atom. The topological polar surface area (TPSA) is 50.2 Å². The van der Waals surface area contributed by atoms with Crippen molar-refractivity contribution in [1.82, 2.24) is 15.1 Å². The molecule has 1 saturated heterocycles. The third kappa shape index (κ3) is 2.60. The molecular formula is C14H22N4O. The number of carbonyl (C=O) groups is 1. The highest BCUT2D eigenvalue weighted by molar-refractivity contribution is 5.93. The van der Waals surface area contributed by atoms with Crippen LogP contribution in [0.2, 0.25) is 0 Å². The third-order valence-electron chi connectivity index (χ3n) is 4.26. The Bertz CT molecular complexity index is 462. The maximum Gasteiger partial charge on any atom is 0.323 e. The number of aryl methyl sites for hydroxylation is 1. The molecule has 0 unspecified atom stereocenters. The van der Waals surface area contributed by atoms with Crippen molar-refractivity contribution in [2.45, 2.75) is 45.6 Å². The van der Waals surface area contributed by atoms with Crippen LogP contribution in [0.25, 0.3) is 0 Å². The zero-order valence-corrected chi connectivity index (χ0v) is 11.6. The van der Waals surface area contributed by atoms with Crippen LogP contribution in [0.5, 0.6) is 0 Å². The smallest absolute Gasteiger partial charge is 0.323 e. The van der Waals surface area contributed by atoms with Gasteiger partial charge in [-0.2, -0.15) is 5.10 Å². The number of urea groups is 1. The van der Waals surface area contributed by atoms with Gasteiger partial charge < -0.3 is 5.32 Å². The Kier molecular flexibility index (Phi) is 3.44. The molecule has 19 heavy (non-hydrogen) atoms. The van der Waals surface area contributed by atoms with E-state index in [1.165, 1.54) is 32.1 Å². The van der Waals surface area contributed by atoms with E-state index in [0.717, 1.165) is 30.5 Å². The van der Waals surface area contributed by atoms with E-state index < -0.39 is 0 Å². The number of nitrogens with zero attached hydrogens (tertiary/aromatic N) is 3. The lowest BCUT2D eigenvalue weighted by Crippen LogP contribution is -2.28. The zero-order chi connectivity index (χ0) is 13.2. The van der Waals surface area contributed by atoms with Crippen molar-refractivity contribution in [2.75, 3.05) is 18.0 Å². The molecule has 5 heteroatoms. The van der Waals surface area contributed by atoms with Gasteiger partial charge in [0.25, 0.3) is 0 Å². The van der Waals surface area contributed by atoms with Gasteiger partial charge in [0, 0.05) is 31.4 Å². The van der Waals surface area contributed by atoms with Gasteiger partial charge in [-0.1, -0.05) is 19.3 Å². The van der Waals surface area contributed by atoms with Gasteiger partial charge in [-0.3, -0.25) is 9.58 Å². The Morgan fingerprint density at radius 2 is 2.16 bits per heavy atom. The van der Waals surface area contributed by atoms with Gasteiger partial charge in [0.2, 0.25) is 0 Å². The summed E-state index contributed by atoms with van der Waals surface area (Å²) >= 11 is 0. The molecule has 1 aromatic heterocycles. The molecule has 0 atom stereocenters. The second-order valence-corrected chi connectivity index (χ2v) is 5.71. The minimum absolute atomic E-state index is 0.0256. The molecule has 104 valence electrons. The molecule has 1 saturated carbocycles. The predicted octanol–water partition coefficient (Wildman–Crippen LogP) is 2.30. The first kappa shape index (κ1) is 12.5. The lowest BCUT2D eigenvalue weighted by atomic mass is 9.89. The van der Waals surface area contributed by atoms with Crippen LogP contribution in [0.15, 0.2) is 6.07 Å². The third-order valence-corrected chi connectivity index (χ3v) is 4.26. The average Bonchev–Trinajstić information content (AvgIpc) is 2.98. The molecule has 2 fully saturated rings. The summed E-state index contributed by atoms with van der Waals surface area (Å²) in [7, 11) is 0. The number of hydrogen-bond donors (Lipinski definition) is 1. The van der Waals surface area contributed by atoms with Crippen molar-refractivity contribution in [3.63, 3.8) is 0 Å². The summed E-state index contributed by atoms with van der Waals surface area (Å²) in [5.74, 6) is 1.55. The molecule has 0 aromatic carbocycles. The molecule has 0 spiro atoms. The van der Waals surface area contributed by atoms with Crippen LogP contribution in [0.4, 0.5) is 10.6 Å². The maximum absolute atomic E-state index is 11.7. The van der Waals surface area contributed by atoms with Crippen molar-refractivity contribution >= 4 is 11.8 Å². The Balaban J connectivity index is 1.71. The van der Waals surface area contributed by atoms with Gasteiger partial charge in [0.15, 0.2) is 5.82 Å². The van der Waals surface area contributed by atoms with Gasteiger partial charge in [-0.25, -0.2) is 4.79 Å². The van der Waals surface area contributed by atoms with E-state index in [4.69, 9.17) is 0 Å². The molecule has 3 rings (SSSR count). The van der Waals surface area contributed by atoms with Crippen LogP contribution in [-0.4, -0.2) is 28.9 Å². The van der Waals surface area contributed by atoms with Crippen LogP contribution in [0.3, 0.4) is 0 Å². The van der Waals surface area contributed by atoms with Crippen molar-refractivity contribution < 1.29 is 4.79 Å². The molecule has 2 heterocycles. The summed E-state index contributed by atoms with van der Waals surface area (Å²) in [4.78, 5) is 13.4. The Labute approximate surface area is 114 Å². The van der Waals surface area contributed by atoms with E-state index in [-0.39, 0.29) is 6.03 Å². The highest BCUT2D eigenvalue weighted by Gasteiger charge is 2.24. The number of hydrogen-bond acceptors (Lipinski definition) is 2. The number of rotatable bonds is 3. The summed E-state index contributed by atoms with van der Waals surface area (Å²) in [6.45, 7) is 4.51. The van der Waals surface area contributed by atoms with E-state index in [1.54, 1.807) is 4.90 Å². The van der Waals surface area contributed by atoms with E-state index >= 15 is 0 Å². The van der Waals surface area contributed by atoms with Crippen LogP contribution >= 0.6 is 0 Å². The zero-order valence-electron chi connectivity index (χ0n) is 11.6. The van der Waals surface area contributed by atoms with Gasteiger partial charge in [0.05, 0.1) is 0 Å². The lowest BCUT2D eigenvalue weighted by Gasteiger charge is -2.21. The Morgan fingerprint density at radius 1 is 1.37 bits per heavy atom. The van der Waals surface area contributed by atoms with Crippen molar-refractivity contribution in [2.24, 2.45) is 5.92 Å². The van der Waals surface area contributed by atoms with Gasteiger partial charge in [-0.05, 0) is 25.7 Å². The highest BCUT2D eigenvalue weighted by Crippen LogP contribution is 2.26. The van der Waals surface area contributed by atoms with Gasteiger partial charge in [0.1, 0.15) is 0 Å². The summed E-state index contributed by atoms with van der Waals surface area (Å²) in [5, 5.41) is 7.43. The van der Waals surface area contributed by atoms with Gasteiger partial charge >= 0.3 is 6.03 Å². The first-order valence-electron chi connectivity index (χ1n) is 7.34. The number of nitrogens with one attached hydrogen (secondary N) is 1. The van der Waals surface area contributed by atoms with Crippen LogP contribution in [0.1, 0.15) is 37.8 Å². The number of aromatic nitrogens is 2. The molecule has 2 aliphatic rings. The van der Waals surface area contributed by atoms with Crippen LogP contribution < -0.4 is 10.2 Å². The standard InChI is InChI=1S/C14H22N4O/c1-11-9-13(17-8-7-15-14(17)19)16-18(11)10-12-5-3-2-4-6-12/h9,12H,2-8,10H2,1H3,(H,15,19). The summed E-state index contributed by atoms with van der Waals surface area (Å²) < 4.78 is 2.08. The molecule has 1 aromatic rings. The number of carbonyl (C=O) groups excluding carboxylic acids is 1. The summed E-state index contributed by atoms with van der Waals surface area (Å²) in [5.41, 5.74) is 1.15. The van der Waals surface area contributed by atoms with Crippen LogP contribution in [-0.2, 0) is 6.54 Å². The first-order valence-corrected chi connectivity index (χ1v) is 7.34. The Hall–Kier alpha value is -1.52. The fourth-order valence-electron chi connectivity index (χ4n) is 3.11. The average molecular weight is 262 g/mol. The van der Waals surface area contributed by atoms with E-state index in [1.807, 2.05) is 6.07 Å². The van der Waals surface area contributed by atoms with E-state index in [0.29, 0.717) is 6.54 Å². The lowest BCUT2D eigenvalue weighted by molar-refractivity contribution is 0.252. The molecular weight excluding hydrogens is 240 g/mol. The fourth-order valence-corrected chi connectivity index (χ4v) is 3.11. The fraction of sp³-hybridized carbons (Fsp3) is 0.714. The molecule has 5 nitrogen and oxygen atoms in total. The number of amides is 2. The molecule has 0 bridgehead atoms. The molecule has 1 N–H and O–H groups in total.